The lowest BCUT2D eigenvalue weighted by Gasteiger charge is -2.32. The molecule has 1 heterocycles. The van der Waals surface area contributed by atoms with Crippen LogP contribution in [0.4, 0.5) is 0 Å². The molecular formula is C21H27N2OS-. The minimum absolute atomic E-state index is 0.274. The first kappa shape index (κ1) is 19.4. The van der Waals surface area contributed by atoms with Crippen molar-refractivity contribution in [3.8, 4) is 6.01 Å². The lowest BCUT2D eigenvalue weighted by molar-refractivity contribution is -0.280. The molecule has 4 heteroatoms. The molecule has 0 aromatic carbocycles. The van der Waals surface area contributed by atoms with E-state index in [1.165, 1.54) is 36.0 Å². The molecule has 0 unspecified atom stereocenters. The normalized spacial score (nSPS) is 19.4. The molecule has 0 fully saturated rings. The van der Waals surface area contributed by atoms with Gasteiger partial charge in [-0.15, -0.1) is 0 Å². The first-order chi connectivity index (χ1) is 11.8. The Kier molecular flexibility index (Phi) is 6.54. The van der Waals surface area contributed by atoms with E-state index in [1.54, 1.807) is 0 Å². The molecule has 0 amide bonds. The standard InChI is InChI=1S/C21H28N2OS/c1-15(11-12-18-17(3)10-7-13-21(18,4)5)8-6-9-16(2)14-19-22-20(24)23-25-19/h6,8-9,11-12,14H,7,10,13H2,1-5H3,(H,23,24)/p-1/b9-6+,12-11+,15-8+,16-14+. The van der Waals surface area contributed by atoms with Crippen molar-refractivity contribution in [1.29, 1.82) is 0 Å². The average molecular weight is 356 g/mol. The zero-order valence-electron chi connectivity index (χ0n) is 15.8. The second kappa shape index (κ2) is 8.43. The number of rotatable bonds is 5. The van der Waals surface area contributed by atoms with Gasteiger partial charge >= 0.3 is 0 Å². The lowest BCUT2D eigenvalue weighted by Crippen LogP contribution is -2.19. The molecule has 0 atom stereocenters. The molecule has 1 aromatic heterocycles. The van der Waals surface area contributed by atoms with E-state index in [2.05, 4.69) is 55.3 Å². The van der Waals surface area contributed by atoms with Crippen LogP contribution in [0.5, 0.6) is 6.01 Å². The molecule has 3 nitrogen and oxygen atoms in total. The van der Waals surface area contributed by atoms with Gasteiger partial charge in [-0.3, -0.25) is 0 Å². The summed E-state index contributed by atoms with van der Waals surface area (Å²) < 4.78 is 3.65. The Labute approximate surface area is 155 Å². The fourth-order valence-corrected chi connectivity index (χ4v) is 3.72. The van der Waals surface area contributed by atoms with Crippen LogP contribution in [-0.2, 0) is 0 Å². The van der Waals surface area contributed by atoms with E-state index >= 15 is 0 Å². The maximum absolute atomic E-state index is 11.0. The van der Waals surface area contributed by atoms with Crippen LogP contribution in [0.1, 0.15) is 58.9 Å². The van der Waals surface area contributed by atoms with Gasteiger partial charge in [0.1, 0.15) is 5.01 Å². The molecule has 1 aliphatic carbocycles. The van der Waals surface area contributed by atoms with Crippen molar-refractivity contribution in [1.82, 2.24) is 9.36 Å². The fraction of sp³-hybridized carbons (Fsp3) is 0.429. The highest BCUT2D eigenvalue weighted by atomic mass is 32.1. The molecule has 1 aromatic rings. The van der Waals surface area contributed by atoms with Crippen molar-refractivity contribution in [3.63, 3.8) is 0 Å². The summed E-state index contributed by atoms with van der Waals surface area (Å²) in [6, 6.07) is -0.413. The summed E-state index contributed by atoms with van der Waals surface area (Å²) in [7, 11) is 0. The van der Waals surface area contributed by atoms with Gasteiger partial charge in [0.05, 0.1) is 6.01 Å². The first-order valence-corrected chi connectivity index (χ1v) is 9.47. The van der Waals surface area contributed by atoms with Crippen LogP contribution in [0.25, 0.3) is 6.08 Å². The van der Waals surface area contributed by atoms with Gasteiger partial charge in [-0.25, -0.2) is 4.98 Å². The summed E-state index contributed by atoms with van der Waals surface area (Å²) in [5, 5.41) is 11.6. The van der Waals surface area contributed by atoms with Crippen LogP contribution in [0.15, 0.2) is 52.7 Å². The number of aromatic nitrogens is 2. The van der Waals surface area contributed by atoms with E-state index in [0.29, 0.717) is 5.01 Å². The predicted molar refractivity (Wildman–Crippen MR) is 105 cm³/mol. The summed E-state index contributed by atoms with van der Waals surface area (Å²) in [4.78, 5) is 3.81. The molecule has 0 saturated carbocycles. The minimum Gasteiger partial charge on any atom is -0.844 e. The molecule has 0 spiro atoms. The SMILES string of the molecule is CC1=C(/C=C/C(C)=C/C=C/C(C)=C/c2nc([O-])ns2)C(C)(C)CCC1. The Hall–Kier alpha value is -1.94. The third-order valence-corrected chi connectivity index (χ3v) is 5.19. The summed E-state index contributed by atoms with van der Waals surface area (Å²) >= 11 is 1.13. The summed E-state index contributed by atoms with van der Waals surface area (Å²) in [5.41, 5.74) is 5.52. The van der Waals surface area contributed by atoms with Gasteiger partial charge in [0, 0.05) is 0 Å². The molecule has 134 valence electrons. The molecule has 1 aliphatic rings. The van der Waals surface area contributed by atoms with Gasteiger partial charge in [0.2, 0.25) is 0 Å². The fourth-order valence-electron chi connectivity index (χ4n) is 3.15. The van der Waals surface area contributed by atoms with Crippen molar-refractivity contribution in [2.75, 3.05) is 0 Å². The average Bonchev–Trinajstić information content (AvgIpc) is 2.91. The van der Waals surface area contributed by atoms with Gasteiger partial charge in [0.25, 0.3) is 0 Å². The third-order valence-electron chi connectivity index (χ3n) is 4.55. The van der Waals surface area contributed by atoms with E-state index in [9.17, 15) is 5.11 Å². The monoisotopic (exact) mass is 355 g/mol. The zero-order valence-corrected chi connectivity index (χ0v) is 16.6. The highest BCUT2D eigenvalue weighted by Gasteiger charge is 2.26. The van der Waals surface area contributed by atoms with E-state index in [4.69, 9.17) is 0 Å². The minimum atomic E-state index is -0.413. The van der Waals surface area contributed by atoms with Crippen LogP contribution < -0.4 is 5.11 Å². The van der Waals surface area contributed by atoms with Gasteiger partial charge in [0.15, 0.2) is 0 Å². The molecule has 2 rings (SSSR count). The van der Waals surface area contributed by atoms with E-state index in [1.807, 2.05) is 25.2 Å². The Morgan fingerprint density at radius 3 is 2.60 bits per heavy atom. The summed E-state index contributed by atoms with van der Waals surface area (Å²) in [6.07, 6.45) is 16.3. The number of nitrogens with zero attached hydrogens (tertiary/aromatic N) is 2. The second-order valence-corrected chi connectivity index (χ2v) is 8.12. The van der Waals surface area contributed by atoms with Crippen molar-refractivity contribution < 1.29 is 5.11 Å². The number of hydrogen-bond acceptors (Lipinski definition) is 4. The van der Waals surface area contributed by atoms with Crippen LogP contribution in [0, 0.1) is 5.41 Å². The van der Waals surface area contributed by atoms with Crippen molar-refractivity contribution >= 4 is 17.6 Å². The van der Waals surface area contributed by atoms with Gasteiger partial charge in [-0.05, 0) is 74.2 Å². The molecule has 0 saturated heterocycles. The van der Waals surface area contributed by atoms with Crippen LogP contribution in [-0.4, -0.2) is 9.36 Å². The van der Waals surface area contributed by atoms with Crippen LogP contribution >= 0.6 is 11.5 Å². The molecule has 0 bridgehead atoms. The maximum Gasteiger partial charge on any atom is 0.136 e. The van der Waals surface area contributed by atoms with Crippen molar-refractivity contribution in [2.24, 2.45) is 5.41 Å². The Morgan fingerprint density at radius 2 is 1.96 bits per heavy atom. The Morgan fingerprint density at radius 1 is 1.20 bits per heavy atom. The zero-order chi connectivity index (χ0) is 18.4. The molecule has 0 N–H and O–H groups in total. The topological polar surface area (TPSA) is 48.8 Å². The third kappa shape index (κ3) is 5.82. The molecule has 0 radical (unpaired) electrons. The van der Waals surface area contributed by atoms with Crippen LogP contribution in [0.3, 0.4) is 0 Å². The second-order valence-electron chi connectivity index (χ2n) is 7.34. The van der Waals surface area contributed by atoms with Crippen molar-refractivity contribution in [3.05, 3.63) is 57.7 Å². The first-order valence-electron chi connectivity index (χ1n) is 8.70. The lowest BCUT2D eigenvalue weighted by atomic mass is 9.72. The Bertz CT molecular complexity index is 761. The number of allylic oxidation sites excluding steroid dienone is 9. The smallest absolute Gasteiger partial charge is 0.136 e. The van der Waals surface area contributed by atoms with Crippen LogP contribution in [0.2, 0.25) is 0 Å². The highest BCUT2D eigenvalue weighted by molar-refractivity contribution is 7.06. The summed E-state index contributed by atoms with van der Waals surface area (Å²) in [6.45, 7) is 11.0. The molecule has 0 aliphatic heterocycles. The van der Waals surface area contributed by atoms with Gasteiger partial charge < -0.3 is 5.11 Å². The van der Waals surface area contributed by atoms with Gasteiger partial charge in [-0.1, -0.05) is 55.4 Å². The number of hydrogen-bond donors (Lipinski definition) is 0. The molecular weight excluding hydrogens is 328 g/mol. The quantitative estimate of drug-likeness (QED) is 0.646. The largest absolute Gasteiger partial charge is 0.844 e. The van der Waals surface area contributed by atoms with E-state index < -0.39 is 6.01 Å². The maximum atomic E-state index is 11.0. The van der Waals surface area contributed by atoms with E-state index in [-0.39, 0.29) is 5.41 Å². The predicted octanol–water partition coefficient (Wildman–Crippen LogP) is 5.60. The summed E-state index contributed by atoms with van der Waals surface area (Å²) in [5.74, 6) is 0. The van der Waals surface area contributed by atoms with Gasteiger partial charge in [-0.2, -0.15) is 4.37 Å². The Balaban J connectivity index is 2.02. The van der Waals surface area contributed by atoms with E-state index in [0.717, 1.165) is 17.1 Å². The highest BCUT2D eigenvalue weighted by Crippen LogP contribution is 2.40. The van der Waals surface area contributed by atoms with Crippen molar-refractivity contribution in [2.45, 2.75) is 53.9 Å². The molecule has 25 heavy (non-hydrogen) atoms.